The Hall–Kier alpha value is -0.240. The molecule has 0 aromatic rings. The summed E-state index contributed by atoms with van der Waals surface area (Å²) in [5, 5.41) is 9.96. The highest BCUT2D eigenvalue weighted by molar-refractivity contribution is 4.85. The maximum Gasteiger partial charge on any atom is 0.161 e. The van der Waals surface area contributed by atoms with Crippen LogP contribution < -0.4 is 0 Å². The summed E-state index contributed by atoms with van der Waals surface area (Å²) >= 11 is 0. The van der Waals surface area contributed by atoms with Crippen molar-refractivity contribution in [2.45, 2.75) is 69.6 Å². The molecule has 0 amide bonds. The predicted octanol–water partition coefficient (Wildman–Crippen LogP) is 0.706. The summed E-state index contributed by atoms with van der Waals surface area (Å²) in [6.07, 6.45) is -0.525. The molecule has 2 heterocycles. The second kappa shape index (κ2) is 7.15. The van der Waals surface area contributed by atoms with Crippen LogP contribution in [-0.2, 0) is 23.7 Å². The molecule has 0 aliphatic carbocycles. The first-order valence-corrected chi connectivity index (χ1v) is 7.23. The summed E-state index contributed by atoms with van der Waals surface area (Å²) in [6, 6.07) is 0. The molecular weight excluding hydrogens is 264 g/mol. The molecule has 6 nitrogen and oxygen atoms in total. The third-order valence-corrected chi connectivity index (χ3v) is 4.18. The van der Waals surface area contributed by atoms with E-state index in [1.165, 1.54) is 0 Å². The van der Waals surface area contributed by atoms with Gasteiger partial charge in [-0.2, -0.15) is 0 Å². The van der Waals surface area contributed by atoms with Crippen LogP contribution in [0.25, 0.3) is 0 Å². The molecular formula is C14H26O6. The number of ether oxygens (including phenoxy) is 5. The molecule has 20 heavy (non-hydrogen) atoms. The Bertz CT molecular complexity index is 299. The van der Waals surface area contributed by atoms with Crippen molar-refractivity contribution in [3.63, 3.8) is 0 Å². The number of hydrogen-bond acceptors (Lipinski definition) is 6. The Morgan fingerprint density at radius 1 is 1.05 bits per heavy atom. The van der Waals surface area contributed by atoms with Gasteiger partial charge < -0.3 is 28.8 Å². The summed E-state index contributed by atoms with van der Waals surface area (Å²) in [6.45, 7) is 4.48. The summed E-state index contributed by atoms with van der Waals surface area (Å²) < 4.78 is 28.1. The van der Waals surface area contributed by atoms with Gasteiger partial charge in [0.25, 0.3) is 0 Å². The lowest BCUT2D eigenvalue weighted by Gasteiger charge is -2.42. The van der Waals surface area contributed by atoms with Crippen LogP contribution in [0, 0.1) is 0 Å². The highest BCUT2D eigenvalue weighted by atomic mass is 16.7. The van der Waals surface area contributed by atoms with Gasteiger partial charge in [-0.1, -0.05) is 0 Å². The van der Waals surface area contributed by atoms with Crippen LogP contribution in [-0.4, -0.2) is 68.8 Å². The smallest absolute Gasteiger partial charge is 0.161 e. The molecule has 2 rings (SSSR count). The second-order valence-electron chi connectivity index (χ2n) is 5.51. The molecule has 0 bridgehead atoms. The topological polar surface area (TPSA) is 66.4 Å². The first kappa shape index (κ1) is 16.1. The molecule has 7 atom stereocenters. The first-order chi connectivity index (χ1) is 9.56. The van der Waals surface area contributed by atoms with Crippen molar-refractivity contribution in [2.24, 2.45) is 0 Å². The van der Waals surface area contributed by atoms with Gasteiger partial charge in [0.05, 0.1) is 24.4 Å². The zero-order valence-electron chi connectivity index (χ0n) is 12.7. The van der Waals surface area contributed by atoms with E-state index in [-0.39, 0.29) is 30.5 Å². The summed E-state index contributed by atoms with van der Waals surface area (Å²) in [4.78, 5) is 0. The zero-order valence-corrected chi connectivity index (χ0v) is 12.7. The van der Waals surface area contributed by atoms with Gasteiger partial charge in [-0.15, -0.1) is 0 Å². The third kappa shape index (κ3) is 3.50. The zero-order chi connectivity index (χ0) is 14.7. The summed E-state index contributed by atoms with van der Waals surface area (Å²) in [5.74, 6) is 0. The van der Waals surface area contributed by atoms with E-state index < -0.39 is 12.4 Å². The Morgan fingerprint density at radius 2 is 1.75 bits per heavy atom. The number of aliphatic hydroxyl groups is 1. The predicted molar refractivity (Wildman–Crippen MR) is 71.5 cm³/mol. The van der Waals surface area contributed by atoms with Gasteiger partial charge in [0.2, 0.25) is 0 Å². The lowest BCUT2D eigenvalue weighted by molar-refractivity contribution is -0.291. The number of methoxy groups -OCH3 is 2. The van der Waals surface area contributed by atoms with E-state index in [1.54, 1.807) is 14.2 Å². The molecule has 3 unspecified atom stereocenters. The van der Waals surface area contributed by atoms with E-state index in [1.807, 2.05) is 13.8 Å². The average Bonchev–Trinajstić information content (AvgIpc) is 2.44. The highest BCUT2D eigenvalue weighted by Crippen LogP contribution is 2.28. The lowest BCUT2D eigenvalue weighted by Crippen LogP contribution is -2.53. The lowest BCUT2D eigenvalue weighted by atomic mass is 10.0. The fraction of sp³-hybridized carbons (Fsp3) is 1.00. The maximum absolute atomic E-state index is 9.96. The van der Waals surface area contributed by atoms with Crippen LogP contribution in [0.3, 0.4) is 0 Å². The fourth-order valence-electron chi connectivity index (χ4n) is 2.89. The molecule has 0 saturated carbocycles. The van der Waals surface area contributed by atoms with Crippen LogP contribution in [0.1, 0.15) is 26.7 Å². The van der Waals surface area contributed by atoms with E-state index in [0.717, 1.165) is 6.42 Å². The number of rotatable bonds is 4. The molecule has 1 N–H and O–H groups in total. The van der Waals surface area contributed by atoms with Crippen molar-refractivity contribution >= 4 is 0 Å². The molecule has 0 radical (unpaired) electrons. The van der Waals surface area contributed by atoms with Gasteiger partial charge in [0, 0.05) is 27.2 Å². The number of hydrogen-bond donors (Lipinski definition) is 1. The minimum atomic E-state index is -0.627. The standard InChI is InChI=1S/C14H26O6/c1-8-13(15)11(17-4)7-12(19-8)20-14-9(2)18-6-5-10(14)16-3/h8-15H,5-7H2,1-4H3/t8-,9?,10?,11-,12-,13-,14?/m0/s1. The summed E-state index contributed by atoms with van der Waals surface area (Å²) in [5.41, 5.74) is 0. The first-order valence-electron chi connectivity index (χ1n) is 7.23. The molecule has 6 heteroatoms. The van der Waals surface area contributed by atoms with E-state index in [4.69, 9.17) is 23.7 Å². The van der Waals surface area contributed by atoms with Crippen molar-refractivity contribution in [1.82, 2.24) is 0 Å². The molecule has 0 spiro atoms. The average molecular weight is 290 g/mol. The van der Waals surface area contributed by atoms with Crippen LogP contribution in [0.4, 0.5) is 0 Å². The van der Waals surface area contributed by atoms with Crippen molar-refractivity contribution in [3.8, 4) is 0 Å². The normalized spacial score (nSPS) is 46.4. The molecule has 2 aliphatic heterocycles. The molecule has 2 aliphatic rings. The Balaban J connectivity index is 1.97. The van der Waals surface area contributed by atoms with Gasteiger partial charge in [0.15, 0.2) is 6.29 Å². The SMILES string of the molecule is COC1CCOC(C)C1O[C@H]1C[C@H](OC)[C@@H](O)[C@H](C)O1. The van der Waals surface area contributed by atoms with Crippen LogP contribution in [0.15, 0.2) is 0 Å². The monoisotopic (exact) mass is 290 g/mol. The van der Waals surface area contributed by atoms with Crippen LogP contribution in [0.5, 0.6) is 0 Å². The minimum absolute atomic E-state index is 0.00509. The highest BCUT2D eigenvalue weighted by Gasteiger charge is 2.40. The molecule has 0 aromatic carbocycles. The van der Waals surface area contributed by atoms with Gasteiger partial charge in [-0.25, -0.2) is 0 Å². The number of aliphatic hydroxyl groups excluding tert-OH is 1. The van der Waals surface area contributed by atoms with Gasteiger partial charge in [-0.05, 0) is 20.3 Å². The van der Waals surface area contributed by atoms with E-state index in [2.05, 4.69) is 0 Å². The largest absolute Gasteiger partial charge is 0.388 e. The van der Waals surface area contributed by atoms with Gasteiger partial charge in [0.1, 0.15) is 12.2 Å². The van der Waals surface area contributed by atoms with Gasteiger partial charge in [-0.3, -0.25) is 0 Å². The summed E-state index contributed by atoms with van der Waals surface area (Å²) in [7, 11) is 3.28. The fourth-order valence-corrected chi connectivity index (χ4v) is 2.89. The molecule has 2 fully saturated rings. The van der Waals surface area contributed by atoms with Crippen molar-refractivity contribution in [3.05, 3.63) is 0 Å². The minimum Gasteiger partial charge on any atom is -0.388 e. The van der Waals surface area contributed by atoms with E-state index >= 15 is 0 Å². The quantitative estimate of drug-likeness (QED) is 0.822. The van der Waals surface area contributed by atoms with Gasteiger partial charge >= 0.3 is 0 Å². The van der Waals surface area contributed by atoms with E-state index in [0.29, 0.717) is 13.0 Å². The van der Waals surface area contributed by atoms with Crippen molar-refractivity contribution in [2.75, 3.05) is 20.8 Å². The third-order valence-electron chi connectivity index (χ3n) is 4.18. The maximum atomic E-state index is 9.96. The Labute approximate surface area is 120 Å². The molecule has 118 valence electrons. The second-order valence-corrected chi connectivity index (χ2v) is 5.51. The molecule has 0 aromatic heterocycles. The molecule has 2 saturated heterocycles. The van der Waals surface area contributed by atoms with E-state index in [9.17, 15) is 5.11 Å². The van der Waals surface area contributed by atoms with Crippen LogP contribution >= 0.6 is 0 Å². The van der Waals surface area contributed by atoms with Crippen molar-refractivity contribution < 1.29 is 28.8 Å². The van der Waals surface area contributed by atoms with Crippen molar-refractivity contribution in [1.29, 1.82) is 0 Å². The van der Waals surface area contributed by atoms with Crippen LogP contribution in [0.2, 0.25) is 0 Å². The Morgan fingerprint density at radius 3 is 2.40 bits per heavy atom. The Kier molecular flexibility index (Phi) is 5.77.